The predicted molar refractivity (Wildman–Crippen MR) is 69.0 cm³/mol. The zero-order valence-electron chi connectivity index (χ0n) is 10.3. The Morgan fingerprint density at radius 2 is 2.16 bits per heavy atom. The summed E-state index contributed by atoms with van der Waals surface area (Å²) in [7, 11) is 0. The Morgan fingerprint density at radius 1 is 1.26 bits per heavy atom. The summed E-state index contributed by atoms with van der Waals surface area (Å²) in [6, 6.07) is 6.37. The highest BCUT2D eigenvalue weighted by Gasteiger charge is 2.21. The molecule has 98 valence electrons. The molecule has 0 spiro atoms. The molecular weight excluding hydrogens is 245 g/mol. The van der Waals surface area contributed by atoms with Gasteiger partial charge in [-0.25, -0.2) is 4.39 Å². The van der Waals surface area contributed by atoms with Gasteiger partial charge in [0.25, 0.3) is 0 Å². The van der Waals surface area contributed by atoms with Crippen molar-refractivity contribution in [2.24, 2.45) is 0 Å². The summed E-state index contributed by atoms with van der Waals surface area (Å²) in [4.78, 5) is 8.69. The fourth-order valence-electron chi connectivity index (χ4n) is 2.18. The van der Waals surface area contributed by atoms with E-state index >= 15 is 0 Å². The molecule has 5 heteroatoms. The van der Waals surface area contributed by atoms with Gasteiger partial charge in [-0.3, -0.25) is 9.97 Å². The van der Waals surface area contributed by atoms with Gasteiger partial charge in [0.05, 0.1) is 18.0 Å². The first-order valence-electron chi connectivity index (χ1n) is 6.24. The Morgan fingerprint density at radius 3 is 2.95 bits per heavy atom. The van der Waals surface area contributed by atoms with Gasteiger partial charge in [-0.1, -0.05) is 12.1 Å². The second kappa shape index (κ2) is 5.42. The lowest BCUT2D eigenvalue weighted by Crippen LogP contribution is -2.34. The Labute approximate surface area is 110 Å². The molecule has 0 radical (unpaired) electrons. The van der Waals surface area contributed by atoms with Crippen LogP contribution in [0.4, 0.5) is 4.39 Å². The van der Waals surface area contributed by atoms with Crippen LogP contribution in [0, 0.1) is 5.82 Å². The van der Waals surface area contributed by atoms with Gasteiger partial charge < -0.3 is 10.1 Å². The summed E-state index contributed by atoms with van der Waals surface area (Å²) in [5.41, 5.74) is 2.15. The quantitative estimate of drug-likeness (QED) is 0.895. The summed E-state index contributed by atoms with van der Waals surface area (Å²) in [6.07, 6.45) is 3.11. The third-order valence-corrected chi connectivity index (χ3v) is 3.06. The molecule has 1 N–H and O–H groups in total. The van der Waals surface area contributed by atoms with E-state index in [1.54, 1.807) is 18.5 Å². The van der Waals surface area contributed by atoms with E-state index in [1.807, 2.05) is 6.07 Å². The highest BCUT2D eigenvalue weighted by Crippen LogP contribution is 2.27. The molecule has 1 fully saturated rings. The van der Waals surface area contributed by atoms with Gasteiger partial charge in [0.1, 0.15) is 11.9 Å². The van der Waals surface area contributed by atoms with E-state index in [2.05, 4.69) is 15.3 Å². The summed E-state index contributed by atoms with van der Waals surface area (Å²) in [5, 5.41) is 3.26. The highest BCUT2D eigenvalue weighted by atomic mass is 19.1. The molecule has 0 saturated carbocycles. The van der Waals surface area contributed by atoms with Crippen LogP contribution in [0.25, 0.3) is 11.3 Å². The minimum Gasteiger partial charge on any atom is -0.369 e. The second-order valence-electron chi connectivity index (χ2n) is 4.36. The van der Waals surface area contributed by atoms with Crippen LogP contribution in [0.5, 0.6) is 0 Å². The lowest BCUT2D eigenvalue weighted by Gasteiger charge is -2.24. The molecule has 1 aromatic carbocycles. The van der Waals surface area contributed by atoms with Crippen LogP contribution in [0.2, 0.25) is 0 Å². The maximum Gasteiger partial charge on any atom is 0.123 e. The van der Waals surface area contributed by atoms with Crippen molar-refractivity contribution in [2.45, 2.75) is 6.10 Å². The van der Waals surface area contributed by atoms with Gasteiger partial charge in [0, 0.05) is 31.0 Å². The molecule has 3 rings (SSSR count). The van der Waals surface area contributed by atoms with E-state index in [-0.39, 0.29) is 11.9 Å². The van der Waals surface area contributed by atoms with E-state index in [0.29, 0.717) is 18.8 Å². The average molecular weight is 259 g/mol. The van der Waals surface area contributed by atoms with Gasteiger partial charge in [-0.05, 0) is 12.1 Å². The second-order valence-corrected chi connectivity index (χ2v) is 4.36. The van der Waals surface area contributed by atoms with E-state index < -0.39 is 0 Å². The van der Waals surface area contributed by atoms with Gasteiger partial charge in [0.2, 0.25) is 0 Å². The Balaban J connectivity index is 2.01. The first-order valence-corrected chi connectivity index (χ1v) is 6.24. The summed E-state index contributed by atoms with van der Waals surface area (Å²) >= 11 is 0. The molecule has 1 aliphatic rings. The van der Waals surface area contributed by atoms with Gasteiger partial charge in [0.15, 0.2) is 0 Å². The van der Waals surface area contributed by atoms with Crippen molar-refractivity contribution in [1.82, 2.24) is 15.3 Å². The number of benzene rings is 1. The molecule has 0 unspecified atom stereocenters. The van der Waals surface area contributed by atoms with Crippen molar-refractivity contribution in [1.29, 1.82) is 0 Å². The van der Waals surface area contributed by atoms with Crippen molar-refractivity contribution >= 4 is 0 Å². The minimum absolute atomic E-state index is 0.138. The lowest BCUT2D eigenvalue weighted by atomic mass is 10.1. The van der Waals surface area contributed by atoms with Gasteiger partial charge >= 0.3 is 0 Å². The number of ether oxygens (including phenoxy) is 1. The number of nitrogens with zero attached hydrogens (tertiary/aromatic N) is 2. The third kappa shape index (κ3) is 2.62. The van der Waals surface area contributed by atoms with Crippen LogP contribution in [0.1, 0.15) is 11.8 Å². The molecule has 0 bridgehead atoms. The average Bonchev–Trinajstić information content (AvgIpc) is 2.48. The number of nitrogens with one attached hydrogen (secondary N) is 1. The number of hydrogen-bond acceptors (Lipinski definition) is 4. The first kappa shape index (κ1) is 12.2. The van der Waals surface area contributed by atoms with Crippen LogP contribution in [-0.2, 0) is 4.74 Å². The molecule has 0 aliphatic carbocycles. The molecule has 1 atom stereocenters. The van der Waals surface area contributed by atoms with E-state index in [1.165, 1.54) is 12.1 Å². The standard InChI is InChI=1S/C14H14FN3O/c15-11-3-1-2-10(8-11)13-14(18-5-4-17-13)12-9-16-6-7-19-12/h1-5,8,12,16H,6-7,9H2/t12-/m1/s1. The van der Waals surface area contributed by atoms with Crippen LogP contribution >= 0.6 is 0 Å². The Hall–Kier alpha value is -1.85. The smallest absolute Gasteiger partial charge is 0.123 e. The molecule has 1 saturated heterocycles. The van der Waals surface area contributed by atoms with Crippen molar-refractivity contribution in [3.05, 3.63) is 48.2 Å². The third-order valence-electron chi connectivity index (χ3n) is 3.06. The number of rotatable bonds is 2. The van der Waals surface area contributed by atoms with Crippen LogP contribution in [0.15, 0.2) is 36.7 Å². The van der Waals surface area contributed by atoms with Crippen LogP contribution in [0.3, 0.4) is 0 Å². The molecule has 2 heterocycles. The van der Waals surface area contributed by atoms with Crippen molar-refractivity contribution < 1.29 is 9.13 Å². The van der Waals surface area contributed by atoms with Crippen molar-refractivity contribution in [2.75, 3.05) is 19.7 Å². The monoisotopic (exact) mass is 259 g/mol. The zero-order valence-corrected chi connectivity index (χ0v) is 10.3. The lowest BCUT2D eigenvalue weighted by molar-refractivity contribution is 0.0252. The summed E-state index contributed by atoms with van der Waals surface area (Å²) < 4.78 is 19.0. The molecule has 0 amide bonds. The molecule has 1 aromatic heterocycles. The SMILES string of the molecule is Fc1cccc(-c2nccnc2[C@H]2CNCCO2)c1. The predicted octanol–water partition coefficient (Wildman–Crippen LogP) is 1.94. The number of aromatic nitrogens is 2. The fraction of sp³-hybridized carbons (Fsp3) is 0.286. The first-order chi connectivity index (χ1) is 9.34. The number of morpholine rings is 1. The minimum atomic E-state index is -0.281. The normalized spacial score (nSPS) is 19.3. The van der Waals surface area contributed by atoms with Crippen molar-refractivity contribution in [3.63, 3.8) is 0 Å². The number of halogens is 1. The fourth-order valence-corrected chi connectivity index (χ4v) is 2.18. The Bertz CT molecular complexity index is 570. The zero-order chi connectivity index (χ0) is 13.1. The molecule has 1 aliphatic heterocycles. The molecule has 4 nitrogen and oxygen atoms in total. The van der Waals surface area contributed by atoms with E-state index in [9.17, 15) is 4.39 Å². The van der Waals surface area contributed by atoms with Gasteiger partial charge in [-0.2, -0.15) is 0 Å². The molecule has 2 aromatic rings. The van der Waals surface area contributed by atoms with Crippen LogP contribution < -0.4 is 5.32 Å². The topological polar surface area (TPSA) is 47.0 Å². The number of hydrogen-bond donors (Lipinski definition) is 1. The maximum atomic E-state index is 13.3. The van der Waals surface area contributed by atoms with E-state index in [4.69, 9.17) is 4.74 Å². The molecular formula is C14H14FN3O. The van der Waals surface area contributed by atoms with Gasteiger partial charge in [-0.15, -0.1) is 0 Å². The largest absolute Gasteiger partial charge is 0.369 e. The summed E-state index contributed by atoms with van der Waals surface area (Å²) in [5.74, 6) is -0.281. The van der Waals surface area contributed by atoms with Crippen LogP contribution in [-0.4, -0.2) is 29.7 Å². The Kier molecular flexibility index (Phi) is 3.48. The molecule has 19 heavy (non-hydrogen) atoms. The summed E-state index contributed by atoms with van der Waals surface area (Å²) in [6.45, 7) is 2.18. The van der Waals surface area contributed by atoms with E-state index in [0.717, 1.165) is 17.8 Å². The highest BCUT2D eigenvalue weighted by molar-refractivity contribution is 5.61. The van der Waals surface area contributed by atoms with Crippen molar-refractivity contribution in [3.8, 4) is 11.3 Å². The maximum absolute atomic E-state index is 13.3.